The van der Waals surface area contributed by atoms with E-state index in [4.69, 9.17) is 26.5 Å². The molecule has 0 aliphatic rings. The molecule has 0 aliphatic carbocycles. The summed E-state index contributed by atoms with van der Waals surface area (Å²) in [5.74, 6) is 2.75. The van der Waals surface area contributed by atoms with Gasteiger partial charge in [0.15, 0.2) is 0 Å². The van der Waals surface area contributed by atoms with E-state index in [2.05, 4.69) is 6.92 Å². The Bertz CT molecular complexity index is 551. The van der Waals surface area contributed by atoms with Gasteiger partial charge in [-0.05, 0) is 43.3 Å². The van der Waals surface area contributed by atoms with Gasteiger partial charge in [0.2, 0.25) is 0 Å². The van der Waals surface area contributed by atoms with Gasteiger partial charge in [-0.2, -0.15) is 0 Å². The van der Waals surface area contributed by atoms with Crippen molar-refractivity contribution < 1.29 is 9.15 Å². The van der Waals surface area contributed by atoms with Crippen molar-refractivity contribution in [2.24, 2.45) is 5.73 Å². The molecule has 0 radical (unpaired) electrons. The molecule has 0 fully saturated rings. The van der Waals surface area contributed by atoms with Gasteiger partial charge in [0.25, 0.3) is 0 Å². The van der Waals surface area contributed by atoms with Crippen molar-refractivity contribution >= 4 is 11.6 Å². The maximum Gasteiger partial charge on any atom is 0.137 e. The molecular formula is C15H18ClNO2. The van der Waals surface area contributed by atoms with Crippen LogP contribution in [0.5, 0.6) is 5.75 Å². The van der Waals surface area contributed by atoms with E-state index < -0.39 is 0 Å². The quantitative estimate of drug-likeness (QED) is 0.898. The fraction of sp³-hybridized carbons (Fsp3) is 0.333. The third-order valence-corrected chi connectivity index (χ3v) is 3.44. The fourth-order valence-corrected chi connectivity index (χ4v) is 2.24. The molecule has 1 atom stereocenters. The molecule has 1 aromatic carbocycles. The topological polar surface area (TPSA) is 48.4 Å². The van der Waals surface area contributed by atoms with Crippen molar-refractivity contribution in [3.05, 3.63) is 41.1 Å². The second-order valence-corrected chi connectivity index (χ2v) is 4.94. The van der Waals surface area contributed by atoms with E-state index in [1.165, 1.54) is 0 Å². The van der Waals surface area contributed by atoms with Crippen LogP contribution in [0.25, 0.3) is 11.3 Å². The number of nitrogens with two attached hydrogens (primary N) is 1. The molecule has 1 heterocycles. The second kappa shape index (κ2) is 6.13. The Hall–Kier alpha value is -1.45. The highest BCUT2D eigenvalue weighted by molar-refractivity contribution is 6.32. The van der Waals surface area contributed by atoms with Gasteiger partial charge in [0, 0.05) is 11.5 Å². The maximum atomic E-state index is 6.12. The van der Waals surface area contributed by atoms with E-state index in [1.807, 2.05) is 30.3 Å². The van der Waals surface area contributed by atoms with Crippen molar-refractivity contribution in [2.45, 2.75) is 19.3 Å². The van der Waals surface area contributed by atoms with E-state index >= 15 is 0 Å². The SMILES string of the molecule is COc1ccc(-c2ccc(C(C)CCN)o2)cc1Cl. The number of benzene rings is 1. The van der Waals surface area contributed by atoms with Crippen LogP contribution in [-0.4, -0.2) is 13.7 Å². The highest BCUT2D eigenvalue weighted by atomic mass is 35.5. The first-order valence-corrected chi connectivity index (χ1v) is 6.67. The minimum atomic E-state index is 0.326. The summed E-state index contributed by atoms with van der Waals surface area (Å²) in [5, 5.41) is 0.577. The zero-order valence-electron chi connectivity index (χ0n) is 11.2. The van der Waals surface area contributed by atoms with Crippen molar-refractivity contribution in [1.29, 1.82) is 0 Å². The average molecular weight is 280 g/mol. The first kappa shape index (κ1) is 14.0. The van der Waals surface area contributed by atoms with Crippen LogP contribution >= 0.6 is 11.6 Å². The smallest absolute Gasteiger partial charge is 0.137 e. The molecule has 102 valence electrons. The van der Waals surface area contributed by atoms with Crippen LogP contribution in [0.15, 0.2) is 34.7 Å². The number of hydrogen-bond donors (Lipinski definition) is 1. The number of rotatable bonds is 5. The minimum absolute atomic E-state index is 0.326. The number of hydrogen-bond acceptors (Lipinski definition) is 3. The summed E-state index contributed by atoms with van der Waals surface area (Å²) in [5.41, 5.74) is 6.51. The van der Waals surface area contributed by atoms with E-state index in [9.17, 15) is 0 Å². The fourth-order valence-electron chi connectivity index (χ4n) is 1.98. The Morgan fingerprint density at radius 3 is 2.74 bits per heavy atom. The van der Waals surface area contributed by atoms with Crippen LogP contribution in [-0.2, 0) is 0 Å². The Morgan fingerprint density at radius 1 is 1.32 bits per heavy atom. The molecule has 0 spiro atoms. The van der Waals surface area contributed by atoms with E-state index in [-0.39, 0.29) is 0 Å². The zero-order valence-corrected chi connectivity index (χ0v) is 11.9. The van der Waals surface area contributed by atoms with Gasteiger partial charge in [-0.15, -0.1) is 0 Å². The molecule has 0 aliphatic heterocycles. The van der Waals surface area contributed by atoms with Gasteiger partial charge in [-0.1, -0.05) is 18.5 Å². The highest BCUT2D eigenvalue weighted by Crippen LogP contribution is 2.32. The van der Waals surface area contributed by atoms with Crippen LogP contribution in [0.2, 0.25) is 5.02 Å². The molecule has 19 heavy (non-hydrogen) atoms. The van der Waals surface area contributed by atoms with Gasteiger partial charge in [0.05, 0.1) is 12.1 Å². The molecule has 2 N–H and O–H groups in total. The van der Waals surface area contributed by atoms with Crippen LogP contribution in [0.1, 0.15) is 25.0 Å². The molecular weight excluding hydrogens is 262 g/mol. The van der Waals surface area contributed by atoms with Crippen molar-refractivity contribution in [3.63, 3.8) is 0 Å². The molecule has 0 saturated carbocycles. The summed E-state index contributed by atoms with van der Waals surface area (Å²) >= 11 is 6.12. The lowest BCUT2D eigenvalue weighted by Crippen LogP contribution is -2.03. The summed E-state index contributed by atoms with van der Waals surface area (Å²) in [4.78, 5) is 0. The van der Waals surface area contributed by atoms with Crippen molar-refractivity contribution in [3.8, 4) is 17.1 Å². The summed E-state index contributed by atoms with van der Waals surface area (Å²) in [6.45, 7) is 2.77. The summed E-state index contributed by atoms with van der Waals surface area (Å²) < 4.78 is 11.0. The lowest BCUT2D eigenvalue weighted by atomic mass is 10.1. The number of halogens is 1. The zero-order chi connectivity index (χ0) is 13.8. The minimum Gasteiger partial charge on any atom is -0.495 e. The number of ether oxygens (including phenoxy) is 1. The van der Waals surface area contributed by atoms with Gasteiger partial charge in [0.1, 0.15) is 17.3 Å². The third kappa shape index (κ3) is 3.11. The Morgan fingerprint density at radius 2 is 2.11 bits per heavy atom. The van der Waals surface area contributed by atoms with Crippen molar-refractivity contribution in [1.82, 2.24) is 0 Å². The third-order valence-electron chi connectivity index (χ3n) is 3.15. The maximum absolute atomic E-state index is 6.12. The van der Waals surface area contributed by atoms with Gasteiger partial charge in [-0.25, -0.2) is 0 Å². The lowest BCUT2D eigenvalue weighted by Gasteiger charge is -2.06. The van der Waals surface area contributed by atoms with Crippen LogP contribution in [0.3, 0.4) is 0 Å². The predicted octanol–water partition coefficient (Wildman–Crippen LogP) is 4.06. The lowest BCUT2D eigenvalue weighted by molar-refractivity contribution is 0.415. The first-order valence-electron chi connectivity index (χ1n) is 6.29. The second-order valence-electron chi connectivity index (χ2n) is 4.53. The Balaban J connectivity index is 2.25. The Kier molecular flexibility index (Phi) is 4.51. The van der Waals surface area contributed by atoms with Gasteiger partial charge >= 0.3 is 0 Å². The predicted molar refractivity (Wildman–Crippen MR) is 77.8 cm³/mol. The van der Waals surface area contributed by atoms with Gasteiger partial charge < -0.3 is 14.9 Å². The van der Waals surface area contributed by atoms with E-state index in [0.717, 1.165) is 23.5 Å². The number of methoxy groups -OCH3 is 1. The molecule has 2 rings (SSSR count). The molecule has 3 nitrogen and oxygen atoms in total. The monoisotopic (exact) mass is 279 g/mol. The number of furan rings is 1. The first-order chi connectivity index (χ1) is 9.15. The highest BCUT2D eigenvalue weighted by Gasteiger charge is 2.12. The van der Waals surface area contributed by atoms with E-state index in [0.29, 0.717) is 23.2 Å². The van der Waals surface area contributed by atoms with Crippen molar-refractivity contribution in [2.75, 3.05) is 13.7 Å². The van der Waals surface area contributed by atoms with Crippen LogP contribution in [0.4, 0.5) is 0 Å². The van der Waals surface area contributed by atoms with E-state index in [1.54, 1.807) is 7.11 Å². The largest absolute Gasteiger partial charge is 0.495 e. The average Bonchev–Trinajstić information content (AvgIpc) is 2.88. The molecule has 1 aromatic heterocycles. The molecule has 2 aromatic rings. The summed E-state index contributed by atoms with van der Waals surface area (Å²) in [7, 11) is 1.60. The molecule has 4 heteroatoms. The van der Waals surface area contributed by atoms with Crippen LogP contribution in [0, 0.1) is 0 Å². The normalized spacial score (nSPS) is 12.4. The standard InChI is InChI=1S/C15H18ClNO2/c1-10(7-8-17)13-5-6-14(19-13)11-3-4-15(18-2)12(16)9-11/h3-6,9-10H,7-8,17H2,1-2H3. The summed E-state index contributed by atoms with van der Waals surface area (Å²) in [6, 6.07) is 9.56. The molecule has 0 bridgehead atoms. The van der Waals surface area contributed by atoms with Crippen LogP contribution < -0.4 is 10.5 Å². The Labute approximate surface area is 118 Å². The van der Waals surface area contributed by atoms with Gasteiger partial charge in [-0.3, -0.25) is 0 Å². The molecule has 0 amide bonds. The summed E-state index contributed by atoms with van der Waals surface area (Å²) in [6.07, 6.45) is 0.913. The molecule has 1 unspecified atom stereocenters. The molecule has 0 saturated heterocycles.